The molecule has 0 N–H and O–H groups in total. The van der Waals surface area contributed by atoms with Gasteiger partial charge in [0.2, 0.25) is 0 Å². The fourth-order valence-electron chi connectivity index (χ4n) is 2.83. The summed E-state index contributed by atoms with van der Waals surface area (Å²) >= 11 is 0. The maximum Gasteiger partial charge on any atom is 0.127 e. The fourth-order valence-corrected chi connectivity index (χ4v) is 2.83. The first-order valence-electron chi connectivity index (χ1n) is 8.53. The number of hydrogen-bond acceptors (Lipinski definition) is 3. The van der Waals surface area contributed by atoms with Crippen molar-refractivity contribution in [1.29, 1.82) is 0 Å². The van der Waals surface area contributed by atoms with Crippen molar-refractivity contribution in [3.05, 3.63) is 96.6 Å². The van der Waals surface area contributed by atoms with Gasteiger partial charge in [-0.2, -0.15) is 0 Å². The summed E-state index contributed by atoms with van der Waals surface area (Å²) in [5, 5.41) is 8.84. The Morgan fingerprint density at radius 2 is 1.23 bits per heavy atom. The summed E-state index contributed by atoms with van der Waals surface area (Å²) in [6.07, 6.45) is 0. The van der Waals surface area contributed by atoms with E-state index in [0.717, 1.165) is 39.6 Å². The summed E-state index contributed by atoms with van der Waals surface area (Å²) < 4.78 is 5.84. The molecule has 0 spiro atoms. The lowest BCUT2D eigenvalue weighted by Crippen LogP contribution is -1.95. The third-order valence-electron chi connectivity index (χ3n) is 4.16. The molecule has 4 rings (SSSR count). The Hall–Kier alpha value is -3.46. The molecule has 1 heterocycles. The lowest BCUT2D eigenvalue weighted by Gasteiger charge is -2.09. The van der Waals surface area contributed by atoms with E-state index in [9.17, 15) is 0 Å². The molecule has 3 aromatic carbocycles. The Morgan fingerprint density at radius 1 is 0.615 bits per heavy atom. The molecule has 0 saturated carbocycles. The first-order valence-corrected chi connectivity index (χ1v) is 8.53. The third-order valence-corrected chi connectivity index (χ3v) is 4.16. The molecular formula is C23H18N2O. The van der Waals surface area contributed by atoms with Gasteiger partial charge in [-0.1, -0.05) is 48.5 Å². The molecule has 1 aromatic heterocycles. The molecule has 0 atom stereocenters. The Labute approximate surface area is 152 Å². The third kappa shape index (κ3) is 3.47. The highest BCUT2D eigenvalue weighted by Gasteiger charge is 2.08. The SMILES string of the molecule is Cc1cc(-c2ccccc2)nnc1-c1ccc(Oc2ccccc2)cc1. The minimum atomic E-state index is 0.798. The number of rotatable bonds is 4. The number of nitrogens with zero attached hydrogens (tertiary/aromatic N) is 2. The van der Waals surface area contributed by atoms with Crippen LogP contribution in [0.25, 0.3) is 22.5 Å². The van der Waals surface area contributed by atoms with Crippen LogP contribution in [0.3, 0.4) is 0 Å². The molecule has 4 aromatic rings. The van der Waals surface area contributed by atoms with E-state index in [4.69, 9.17) is 4.74 Å². The van der Waals surface area contributed by atoms with E-state index in [2.05, 4.69) is 23.2 Å². The maximum absolute atomic E-state index is 5.84. The van der Waals surface area contributed by atoms with E-state index in [1.165, 1.54) is 0 Å². The second-order valence-electron chi connectivity index (χ2n) is 6.07. The van der Waals surface area contributed by atoms with Crippen LogP contribution in [0.5, 0.6) is 11.5 Å². The first-order chi connectivity index (χ1) is 12.8. The van der Waals surface area contributed by atoms with Gasteiger partial charge in [-0.15, -0.1) is 10.2 Å². The molecule has 0 aliphatic carbocycles. The molecule has 0 bridgehead atoms. The lowest BCUT2D eigenvalue weighted by molar-refractivity contribution is 0.483. The Bertz CT molecular complexity index is 997. The van der Waals surface area contributed by atoms with Crippen LogP contribution in [0.2, 0.25) is 0 Å². The highest BCUT2D eigenvalue weighted by Crippen LogP contribution is 2.27. The van der Waals surface area contributed by atoms with Crippen LogP contribution < -0.4 is 4.74 Å². The summed E-state index contributed by atoms with van der Waals surface area (Å²) in [4.78, 5) is 0. The van der Waals surface area contributed by atoms with Gasteiger partial charge in [-0.05, 0) is 55.0 Å². The normalized spacial score (nSPS) is 10.5. The predicted octanol–water partition coefficient (Wildman–Crippen LogP) is 5.91. The molecular weight excluding hydrogens is 320 g/mol. The standard InChI is InChI=1S/C23H18N2O/c1-17-16-22(18-8-4-2-5-9-18)24-25-23(17)19-12-14-21(15-13-19)26-20-10-6-3-7-11-20/h2-16H,1H3. The van der Waals surface area contributed by atoms with E-state index in [1.807, 2.05) is 84.9 Å². The molecule has 0 aliphatic rings. The van der Waals surface area contributed by atoms with Gasteiger partial charge in [-0.3, -0.25) is 0 Å². The molecule has 0 radical (unpaired) electrons. The molecule has 0 saturated heterocycles. The second-order valence-corrected chi connectivity index (χ2v) is 6.07. The van der Waals surface area contributed by atoms with Crippen LogP contribution in [-0.2, 0) is 0 Å². The van der Waals surface area contributed by atoms with Crippen molar-refractivity contribution in [2.45, 2.75) is 6.92 Å². The Balaban J connectivity index is 1.58. The fraction of sp³-hybridized carbons (Fsp3) is 0.0435. The Morgan fingerprint density at radius 3 is 1.88 bits per heavy atom. The average Bonchev–Trinajstić information content (AvgIpc) is 2.70. The van der Waals surface area contributed by atoms with E-state index >= 15 is 0 Å². The molecule has 0 fully saturated rings. The van der Waals surface area contributed by atoms with Gasteiger partial charge in [0, 0.05) is 11.1 Å². The second kappa shape index (κ2) is 7.19. The quantitative estimate of drug-likeness (QED) is 0.464. The number of aryl methyl sites for hydroxylation is 1. The molecule has 126 valence electrons. The molecule has 3 heteroatoms. The van der Waals surface area contributed by atoms with Crippen LogP contribution in [0.4, 0.5) is 0 Å². The van der Waals surface area contributed by atoms with Gasteiger partial charge < -0.3 is 4.74 Å². The maximum atomic E-state index is 5.84. The van der Waals surface area contributed by atoms with Crippen molar-refractivity contribution in [3.63, 3.8) is 0 Å². The van der Waals surface area contributed by atoms with E-state index in [-0.39, 0.29) is 0 Å². The predicted molar refractivity (Wildman–Crippen MR) is 104 cm³/mol. The molecule has 0 unspecified atom stereocenters. The number of hydrogen-bond donors (Lipinski definition) is 0. The van der Waals surface area contributed by atoms with Crippen LogP contribution in [0.15, 0.2) is 91.0 Å². The van der Waals surface area contributed by atoms with E-state index in [0.29, 0.717) is 0 Å². The monoisotopic (exact) mass is 338 g/mol. The smallest absolute Gasteiger partial charge is 0.127 e. The average molecular weight is 338 g/mol. The molecule has 26 heavy (non-hydrogen) atoms. The van der Waals surface area contributed by atoms with Crippen molar-refractivity contribution in [3.8, 4) is 34.0 Å². The zero-order valence-corrected chi connectivity index (χ0v) is 14.5. The van der Waals surface area contributed by atoms with Gasteiger partial charge in [0.05, 0.1) is 11.4 Å². The van der Waals surface area contributed by atoms with Crippen LogP contribution in [0.1, 0.15) is 5.56 Å². The minimum absolute atomic E-state index is 0.798. The summed E-state index contributed by atoms with van der Waals surface area (Å²) in [7, 11) is 0. The van der Waals surface area contributed by atoms with Gasteiger partial charge in [-0.25, -0.2) is 0 Å². The van der Waals surface area contributed by atoms with Crippen molar-refractivity contribution in [1.82, 2.24) is 10.2 Å². The number of benzene rings is 3. The Kier molecular flexibility index (Phi) is 4.44. The highest BCUT2D eigenvalue weighted by molar-refractivity contribution is 5.67. The van der Waals surface area contributed by atoms with Gasteiger partial charge >= 0.3 is 0 Å². The van der Waals surface area contributed by atoms with Crippen LogP contribution in [-0.4, -0.2) is 10.2 Å². The first kappa shape index (κ1) is 16.0. The van der Waals surface area contributed by atoms with Crippen molar-refractivity contribution in [2.24, 2.45) is 0 Å². The van der Waals surface area contributed by atoms with Gasteiger partial charge in [0.25, 0.3) is 0 Å². The zero-order chi connectivity index (χ0) is 17.8. The topological polar surface area (TPSA) is 35.0 Å². The van der Waals surface area contributed by atoms with Crippen LogP contribution >= 0.6 is 0 Å². The summed E-state index contributed by atoms with van der Waals surface area (Å²) in [5.74, 6) is 1.62. The summed E-state index contributed by atoms with van der Waals surface area (Å²) in [5.41, 5.74) is 4.96. The zero-order valence-electron chi connectivity index (χ0n) is 14.5. The summed E-state index contributed by atoms with van der Waals surface area (Å²) in [6.45, 7) is 2.06. The largest absolute Gasteiger partial charge is 0.457 e. The van der Waals surface area contributed by atoms with Crippen molar-refractivity contribution < 1.29 is 4.74 Å². The number of aromatic nitrogens is 2. The van der Waals surface area contributed by atoms with Crippen LogP contribution in [0, 0.1) is 6.92 Å². The molecule has 3 nitrogen and oxygen atoms in total. The lowest BCUT2D eigenvalue weighted by atomic mass is 10.0. The minimum Gasteiger partial charge on any atom is -0.457 e. The van der Waals surface area contributed by atoms with Gasteiger partial charge in [0.1, 0.15) is 11.5 Å². The number of para-hydroxylation sites is 1. The van der Waals surface area contributed by atoms with Gasteiger partial charge in [0.15, 0.2) is 0 Å². The molecule has 0 amide bonds. The van der Waals surface area contributed by atoms with Crippen molar-refractivity contribution in [2.75, 3.05) is 0 Å². The molecule has 0 aliphatic heterocycles. The van der Waals surface area contributed by atoms with E-state index in [1.54, 1.807) is 0 Å². The van der Waals surface area contributed by atoms with Crippen molar-refractivity contribution >= 4 is 0 Å². The highest BCUT2D eigenvalue weighted by atomic mass is 16.5. The number of ether oxygens (including phenoxy) is 1. The summed E-state index contributed by atoms with van der Waals surface area (Å²) in [6, 6.07) is 29.8. The van der Waals surface area contributed by atoms with E-state index < -0.39 is 0 Å².